The van der Waals surface area contributed by atoms with Crippen molar-refractivity contribution < 1.29 is 0 Å². The van der Waals surface area contributed by atoms with Crippen molar-refractivity contribution in [3.63, 3.8) is 0 Å². The highest BCUT2D eigenvalue weighted by Crippen LogP contribution is 2.16. The Balaban J connectivity index is 3.92. The van der Waals surface area contributed by atoms with E-state index in [4.69, 9.17) is 7.98 Å². The molecule has 0 saturated heterocycles. The number of hydrogen-bond donors (Lipinski definition) is 0. The van der Waals surface area contributed by atoms with Crippen molar-refractivity contribution in [3.05, 3.63) is 0 Å². The molecule has 0 bridgehead atoms. The lowest BCUT2D eigenvalue weighted by Crippen LogP contribution is -2.35. The van der Waals surface area contributed by atoms with E-state index in [2.05, 4.69) is 39.4 Å². The van der Waals surface area contributed by atoms with E-state index in [1.54, 1.807) is 0 Å². The van der Waals surface area contributed by atoms with Crippen molar-refractivity contribution in [2.45, 2.75) is 72.8 Å². The molecule has 16 heavy (non-hydrogen) atoms. The third kappa shape index (κ3) is 7.32. The van der Waals surface area contributed by atoms with Gasteiger partial charge in [0.15, 0.2) is 7.98 Å². The van der Waals surface area contributed by atoms with E-state index in [1.807, 2.05) is 0 Å². The lowest BCUT2D eigenvalue weighted by Gasteiger charge is -2.30. The van der Waals surface area contributed by atoms with Gasteiger partial charge in [-0.3, -0.25) is 0 Å². The summed E-state index contributed by atoms with van der Waals surface area (Å²) in [6, 6.07) is 0.510. The highest BCUT2D eigenvalue weighted by Gasteiger charge is 2.14. The summed E-state index contributed by atoms with van der Waals surface area (Å²) in [5, 5.41) is 0. The fourth-order valence-corrected chi connectivity index (χ4v) is 2.21. The maximum atomic E-state index is 6.15. The molecule has 1 nitrogen and oxygen atoms in total. The Bertz CT molecular complexity index is 159. The van der Waals surface area contributed by atoms with Gasteiger partial charge in [-0.2, -0.15) is 0 Å². The van der Waals surface area contributed by atoms with Gasteiger partial charge in [0, 0.05) is 0 Å². The van der Waals surface area contributed by atoms with Crippen LogP contribution in [0.5, 0.6) is 0 Å². The molecule has 0 aliphatic carbocycles. The molecule has 0 saturated carbocycles. The van der Waals surface area contributed by atoms with Gasteiger partial charge in [-0.05, 0) is 37.3 Å². The largest absolute Gasteiger partial charge is 0.351 e. The molecule has 2 unspecified atom stereocenters. The van der Waals surface area contributed by atoms with E-state index in [-0.39, 0.29) is 0 Å². The molecule has 0 aromatic carbocycles. The van der Waals surface area contributed by atoms with Gasteiger partial charge in [-0.15, -0.1) is 0 Å². The van der Waals surface area contributed by atoms with Crippen molar-refractivity contribution in [3.8, 4) is 0 Å². The van der Waals surface area contributed by atoms with Gasteiger partial charge < -0.3 is 4.81 Å². The summed E-state index contributed by atoms with van der Waals surface area (Å²) in [6.07, 6.45) is 6.41. The summed E-state index contributed by atoms with van der Waals surface area (Å²) in [5.41, 5.74) is 0. The molecule has 2 radical (unpaired) electrons. The minimum atomic E-state index is 0.510. The Labute approximate surface area is 104 Å². The zero-order valence-corrected chi connectivity index (χ0v) is 12.0. The molecule has 0 amide bonds. The molecule has 94 valence electrons. The van der Waals surface area contributed by atoms with Crippen molar-refractivity contribution in [1.82, 2.24) is 4.81 Å². The van der Waals surface area contributed by atoms with Crippen molar-refractivity contribution in [2.24, 2.45) is 11.8 Å². The minimum Gasteiger partial charge on any atom is -0.351 e. The van der Waals surface area contributed by atoms with Gasteiger partial charge in [0.1, 0.15) is 0 Å². The smallest absolute Gasteiger partial charge is 0.182 e. The predicted octanol–water partition coefficient (Wildman–Crippen LogP) is 4.02. The van der Waals surface area contributed by atoms with E-state index in [0.29, 0.717) is 6.04 Å². The molecule has 0 spiro atoms. The van der Waals surface area contributed by atoms with E-state index in [0.717, 1.165) is 18.4 Å². The zero-order chi connectivity index (χ0) is 12.6. The molecular weight excluding hydrogens is 193 g/mol. The van der Waals surface area contributed by atoms with Crippen LogP contribution < -0.4 is 0 Å². The highest BCUT2D eigenvalue weighted by atomic mass is 15.1. The number of nitrogens with zero attached hydrogens (tertiary/aromatic N) is 1. The Kier molecular flexibility index (Phi) is 9.11. The van der Waals surface area contributed by atoms with Gasteiger partial charge in [-0.1, -0.05) is 53.9 Å². The van der Waals surface area contributed by atoms with Gasteiger partial charge in [0.2, 0.25) is 0 Å². The molecule has 0 N–H and O–H groups in total. The van der Waals surface area contributed by atoms with Gasteiger partial charge >= 0.3 is 0 Å². The summed E-state index contributed by atoms with van der Waals surface area (Å²) >= 11 is 0. The second-order valence-corrected chi connectivity index (χ2v) is 5.59. The normalized spacial score (nSPS) is 15.7. The van der Waals surface area contributed by atoms with Crippen LogP contribution in [0.15, 0.2) is 0 Å². The third-order valence-electron chi connectivity index (χ3n) is 3.39. The maximum absolute atomic E-state index is 6.15. The average Bonchev–Trinajstić information content (AvgIpc) is 2.22. The average molecular weight is 223 g/mol. The Hall–Kier alpha value is 0.0249. The number of hydrogen-bond acceptors (Lipinski definition) is 1. The van der Waals surface area contributed by atoms with Crippen molar-refractivity contribution in [2.75, 3.05) is 6.54 Å². The minimum absolute atomic E-state index is 0.510. The highest BCUT2D eigenvalue weighted by molar-refractivity contribution is 6.04. The fourth-order valence-electron chi connectivity index (χ4n) is 2.21. The Morgan fingerprint density at radius 2 is 1.75 bits per heavy atom. The van der Waals surface area contributed by atoms with Crippen LogP contribution in [-0.4, -0.2) is 25.4 Å². The first-order valence-electron chi connectivity index (χ1n) is 7.02. The summed E-state index contributed by atoms with van der Waals surface area (Å²) in [4.78, 5) is 2.06. The van der Waals surface area contributed by atoms with Crippen LogP contribution >= 0.6 is 0 Å². The van der Waals surface area contributed by atoms with E-state index < -0.39 is 0 Å². The van der Waals surface area contributed by atoms with Crippen LogP contribution in [0, 0.1) is 11.8 Å². The Morgan fingerprint density at radius 3 is 2.19 bits per heavy atom. The molecule has 0 aliphatic heterocycles. The number of rotatable bonds is 9. The molecule has 0 aromatic heterocycles. The molecule has 0 aliphatic rings. The zero-order valence-electron chi connectivity index (χ0n) is 12.0. The van der Waals surface area contributed by atoms with Crippen molar-refractivity contribution >= 4 is 7.98 Å². The van der Waals surface area contributed by atoms with Gasteiger partial charge in [-0.25, -0.2) is 0 Å². The standard InChI is InChI=1S/C14H30BN/c1-6-8-9-14(7-2)11-16(15)13(5)10-12(3)4/h12-14H,6-11H2,1-5H3. The van der Waals surface area contributed by atoms with Crippen LogP contribution in [0.3, 0.4) is 0 Å². The van der Waals surface area contributed by atoms with Crippen LogP contribution in [0.2, 0.25) is 0 Å². The molecule has 0 aromatic rings. The van der Waals surface area contributed by atoms with Crippen molar-refractivity contribution in [1.29, 1.82) is 0 Å². The lowest BCUT2D eigenvalue weighted by molar-refractivity contribution is 0.257. The van der Waals surface area contributed by atoms with Crippen LogP contribution in [0.4, 0.5) is 0 Å². The third-order valence-corrected chi connectivity index (χ3v) is 3.39. The van der Waals surface area contributed by atoms with E-state index >= 15 is 0 Å². The number of unbranched alkanes of at least 4 members (excludes halogenated alkanes) is 1. The summed E-state index contributed by atoms with van der Waals surface area (Å²) in [7, 11) is 6.15. The van der Waals surface area contributed by atoms with Gasteiger partial charge in [0.05, 0.1) is 0 Å². The second kappa shape index (κ2) is 9.10. The monoisotopic (exact) mass is 223 g/mol. The molecular formula is C14H30BN. The molecule has 0 fully saturated rings. The summed E-state index contributed by atoms with van der Waals surface area (Å²) < 4.78 is 0. The van der Waals surface area contributed by atoms with E-state index in [9.17, 15) is 0 Å². The van der Waals surface area contributed by atoms with Crippen LogP contribution in [0.1, 0.15) is 66.7 Å². The quantitative estimate of drug-likeness (QED) is 0.533. The molecule has 0 rings (SSSR count). The first-order valence-corrected chi connectivity index (χ1v) is 7.02. The summed E-state index contributed by atoms with van der Waals surface area (Å²) in [6.45, 7) is 12.4. The topological polar surface area (TPSA) is 3.24 Å². The first-order chi connectivity index (χ1) is 7.51. The predicted molar refractivity (Wildman–Crippen MR) is 74.7 cm³/mol. The van der Waals surface area contributed by atoms with Crippen LogP contribution in [0.25, 0.3) is 0 Å². The van der Waals surface area contributed by atoms with E-state index in [1.165, 1.54) is 32.1 Å². The molecule has 2 atom stereocenters. The SMILES string of the molecule is [B]N(CC(CC)CCCC)C(C)CC(C)C. The molecule has 2 heteroatoms. The lowest BCUT2D eigenvalue weighted by atomic mass is 9.94. The fraction of sp³-hybridized carbons (Fsp3) is 1.00. The summed E-state index contributed by atoms with van der Waals surface area (Å²) in [5.74, 6) is 1.51. The maximum Gasteiger partial charge on any atom is 0.182 e. The second-order valence-electron chi connectivity index (χ2n) is 5.59. The first kappa shape index (κ1) is 16.0. The Morgan fingerprint density at radius 1 is 1.12 bits per heavy atom. The molecule has 0 heterocycles. The van der Waals surface area contributed by atoms with Gasteiger partial charge in [0.25, 0.3) is 0 Å². The van der Waals surface area contributed by atoms with Crippen LogP contribution in [-0.2, 0) is 0 Å².